The van der Waals surface area contributed by atoms with Gasteiger partial charge in [-0.3, -0.25) is 9.10 Å². The number of nitrogens with zero attached hydrogens (tertiary/aromatic N) is 1. The third kappa shape index (κ3) is 6.95. The predicted octanol–water partition coefficient (Wildman–Crippen LogP) is 3.90. The molecule has 37 heavy (non-hydrogen) atoms. The van der Waals surface area contributed by atoms with E-state index in [9.17, 15) is 17.6 Å². The average Bonchev–Trinajstić information content (AvgIpc) is 2.90. The van der Waals surface area contributed by atoms with Crippen LogP contribution in [-0.2, 0) is 14.8 Å². The summed E-state index contributed by atoms with van der Waals surface area (Å²) >= 11 is 6.15. The molecule has 0 aliphatic carbocycles. The maximum absolute atomic E-state index is 13.8. The second-order valence-corrected chi connectivity index (χ2v) is 9.80. The van der Waals surface area contributed by atoms with Gasteiger partial charge in [0.25, 0.3) is 10.0 Å². The Morgan fingerprint density at radius 3 is 2.22 bits per heavy atom. The van der Waals surface area contributed by atoms with Crippen LogP contribution in [0.15, 0.2) is 65.6 Å². The molecule has 0 bridgehead atoms. The number of benzene rings is 3. The first-order valence-electron chi connectivity index (χ1n) is 10.9. The first kappa shape index (κ1) is 27.9. The molecule has 3 aromatic rings. The Labute approximate surface area is 219 Å². The van der Waals surface area contributed by atoms with Crippen LogP contribution in [0.3, 0.4) is 0 Å². The summed E-state index contributed by atoms with van der Waals surface area (Å²) in [5.74, 6) is 0.163. The molecule has 0 aliphatic rings. The topological polar surface area (TPSA) is 103 Å². The van der Waals surface area contributed by atoms with E-state index in [1.807, 2.05) is 0 Å². The number of carbonyl (C=O) groups is 1. The van der Waals surface area contributed by atoms with Gasteiger partial charge in [0, 0.05) is 11.1 Å². The van der Waals surface area contributed by atoms with E-state index < -0.39 is 28.3 Å². The highest BCUT2D eigenvalue weighted by Gasteiger charge is 2.30. The molecular weight excluding hydrogens is 527 g/mol. The lowest BCUT2D eigenvalue weighted by atomic mass is 10.3. The summed E-state index contributed by atoms with van der Waals surface area (Å²) in [6, 6.07) is 13.9. The largest absolute Gasteiger partial charge is 0.495 e. The van der Waals surface area contributed by atoms with Crippen LogP contribution >= 0.6 is 11.6 Å². The fraction of sp³-hybridized carbons (Fsp3) is 0.240. The van der Waals surface area contributed by atoms with Gasteiger partial charge in [-0.25, -0.2) is 12.8 Å². The Morgan fingerprint density at radius 1 is 0.919 bits per heavy atom. The molecular formula is C25H26ClFN2O7S. The molecule has 198 valence electrons. The van der Waals surface area contributed by atoms with Gasteiger partial charge in [0.15, 0.2) is 11.5 Å². The molecule has 0 heterocycles. The van der Waals surface area contributed by atoms with E-state index >= 15 is 0 Å². The van der Waals surface area contributed by atoms with E-state index in [1.54, 1.807) is 0 Å². The standard InChI is InChI=1S/C25H26ClFN2O7S/c1-33-22-10-4-17(26)14-21(22)29(37(31,32)20-9-11-23(34-2)24(15-20)35-3)16-25(30)28-12-13-36-19-7-5-18(27)6-8-19/h4-11,14-15H,12-13,16H2,1-3H3,(H,28,30). The van der Waals surface area contributed by atoms with Crippen molar-refractivity contribution < 1.29 is 36.6 Å². The van der Waals surface area contributed by atoms with Gasteiger partial charge >= 0.3 is 0 Å². The predicted molar refractivity (Wildman–Crippen MR) is 137 cm³/mol. The van der Waals surface area contributed by atoms with Crippen molar-refractivity contribution in [3.8, 4) is 23.0 Å². The summed E-state index contributed by atoms with van der Waals surface area (Å²) in [4.78, 5) is 12.7. The van der Waals surface area contributed by atoms with Crippen LogP contribution < -0.4 is 28.6 Å². The molecule has 0 unspecified atom stereocenters. The first-order valence-corrected chi connectivity index (χ1v) is 12.7. The number of anilines is 1. The summed E-state index contributed by atoms with van der Waals surface area (Å²) in [5.41, 5.74) is 0.0718. The van der Waals surface area contributed by atoms with Crippen LogP contribution in [-0.4, -0.2) is 55.4 Å². The number of sulfonamides is 1. The molecule has 0 radical (unpaired) electrons. The second kappa shape index (κ2) is 12.5. The van der Waals surface area contributed by atoms with Gasteiger partial charge < -0.3 is 24.3 Å². The number of methoxy groups -OCH3 is 3. The van der Waals surface area contributed by atoms with Crippen molar-refractivity contribution in [2.45, 2.75) is 4.90 Å². The Balaban J connectivity index is 1.85. The van der Waals surface area contributed by atoms with Gasteiger partial charge in [-0.2, -0.15) is 0 Å². The number of amides is 1. The number of carbonyl (C=O) groups excluding carboxylic acids is 1. The van der Waals surface area contributed by atoms with E-state index in [-0.39, 0.29) is 40.3 Å². The van der Waals surface area contributed by atoms with Gasteiger partial charge in [-0.05, 0) is 54.6 Å². The molecule has 0 aliphatic heterocycles. The minimum Gasteiger partial charge on any atom is -0.495 e. The molecule has 0 saturated carbocycles. The maximum Gasteiger partial charge on any atom is 0.265 e. The molecule has 9 nitrogen and oxygen atoms in total. The normalized spacial score (nSPS) is 10.9. The van der Waals surface area contributed by atoms with Crippen molar-refractivity contribution in [3.63, 3.8) is 0 Å². The third-order valence-electron chi connectivity index (χ3n) is 5.15. The maximum atomic E-state index is 13.8. The summed E-state index contributed by atoms with van der Waals surface area (Å²) in [6.45, 7) is -0.419. The van der Waals surface area contributed by atoms with Crippen molar-refractivity contribution in [1.82, 2.24) is 5.32 Å². The number of hydrogen-bond donors (Lipinski definition) is 1. The summed E-state index contributed by atoms with van der Waals surface area (Å²) in [5, 5.41) is 2.87. The summed E-state index contributed by atoms with van der Waals surface area (Å²) in [7, 11) is -0.114. The second-order valence-electron chi connectivity index (χ2n) is 7.50. The molecule has 0 saturated heterocycles. The lowest BCUT2D eigenvalue weighted by Gasteiger charge is -2.26. The van der Waals surface area contributed by atoms with Crippen molar-refractivity contribution in [2.75, 3.05) is 45.3 Å². The number of hydrogen-bond acceptors (Lipinski definition) is 7. The van der Waals surface area contributed by atoms with Crippen molar-refractivity contribution in [2.24, 2.45) is 0 Å². The van der Waals surface area contributed by atoms with Crippen LogP contribution in [0, 0.1) is 5.82 Å². The number of rotatable bonds is 12. The zero-order chi connectivity index (χ0) is 27.0. The Morgan fingerprint density at radius 2 is 1.57 bits per heavy atom. The van der Waals surface area contributed by atoms with E-state index in [0.717, 1.165) is 4.31 Å². The van der Waals surface area contributed by atoms with E-state index in [0.29, 0.717) is 11.5 Å². The monoisotopic (exact) mass is 552 g/mol. The van der Waals surface area contributed by atoms with Crippen molar-refractivity contribution in [3.05, 3.63) is 71.5 Å². The Kier molecular flexibility index (Phi) is 9.42. The number of halogens is 2. The van der Waals surface area contributed by atoms with Crippen LogP contribution in [0.4, 0.5) is 10.1 Å². The van der Waals surface area contributed by atoms with Gasteiger partial charge in [0.1, 0.15) is 30.5 Å². The quantitative estimate of drug-likeness (QED) is 0.340. The van der Waals surface area contributed by atoms with E-state index in [1.165, 1.54) is 82.0 Å². The van der Waals surface area contributed by atoms with Crippen LogP contribution in [0.1, 0.15) is 0 Å². The molecule has 1 N–H and O–H groups in total. The zero-order valence-corrected chi connectivity index (χ0v) is 21.9. The molecule has 0 atom stereocenters. The van der Waals surface area contributed by atoms with Gasteiger partial charge in [-0.1, -0.05) is 11.6 Å². The van der Waals surface area contributed by atoms with E-state index in [4.69, 9.17) is 30.5 Å². The average molecular weight is 553 g/mol. The highest BCUT2D eigenvalue weighted by molar-refractivity contribution is 7.92. The molecule has 0 aromatic heterocycles. The minimum atomic E-state index is -4.30. The molecule has 0 spiro atoms. The third-order valence-corrected chi connectivity index (χ3v) is 7.14. The Bertz CT molecular complexity index is 1340. The lowest BCUT2D eigenvalue weighted by Crippen LogP contribution is -2.42. The summed E-state index contributed by atoms with van der Waals surface area (Å²) < 4.78 is 62.7. The molecule has 3 aromatic carbocycles. The van der Waals surface area contributed by atoms with Gasteiger partial charge in [-0.15, -0.1) is 0 Å². The molecule has 0 fully saturated rings. The van der Waals surface area contributed by atoms with Crippen LogP contribution in [0.25, 0.3) is 0 Å². The number of nitrogens with one attached hydrogen (secondary N) is 1. The molecule has 12 heteroatoms. The SMILES string of the molecule is COc1ccc(S(=O)(=O)N(CC(=O)NCCOc2ccc(F)cc2)c2cc(Cl)ccc2OC)cc1OC. The number of ether oxygens (including phenoxy) is 4. The van der Waals surface area contributed by atoms with Gasteiger partial charge in [0.2, 0.25) is 5.91 Å². The molecule has 1 amide bonds. The first-order chi connectivity index (χ1) is 17.7. The van der Waals surface area contributed by atoms with Crippen molar-refractivity contribution >= 4 is 33.2 Å². The fourth-order valence-electron chi connectivity index (χ4n) is 3.34. The smallest absolute Gasteiger partial charge is 0.265 e. The highest BCUT2D eigenvalue weighted by Crippen LogP contribution is 2.36. The lowest BCUT2D eigenvalue weighted by molar-refractivity contribution is -0.119. The summed E-state index contributed by atoms with van der Waals surface area (Å²) in [6.07, 6.45) is 0. The van der Waals surface area contributed by atoms with E-state index in [2.05, 4.69) is 5.32 Å². The highest BCUT2D eigenvalue weighted by atomic mass is 35.5. The minimum absolute atomic E-state index is 0.0718. The zero-order valence-electron chi connectivity index (χ0n) is 20.4. The fourth-order valence-corrected chi connectivity index (χ4v) is 4.94. The Hall–Kier alpha value is -3.70. The van der Waals surface area contributed by atoms with Gasteiger partial charge in [0.05, 0.1) is 38.5 Å². The van der Waals surface area contributed by atoms with Crippen LogP contribution in [0.5, 0.6) is 23.0 Å². The van der Waals surface area contributed by atoms with Crippen molar-refractivity contribution in [1.29, 1.82) is 0 Å². The van der Waals surface area contributed by atoms with Crippen LogP contribution in [0.2, 0.25) is 5.02 Å². The molecule has 3 rings (SSSR count).